The third-order valence-corrected chi connectivity index (χ3v) is 0.302. The second-order valence-electron chi connectivity index (χ2n) is 0.995. The predicted molar refractivity (Wildman–Crippen MR) is 41.2 cm³/mol. The molecule has 0 unspecified atom stereocenters. The standard InChI is InChI=1S/C3H6O2.Al.3ClH/c1-2-3(4)5;;;;/h2H2,1H3,(H,4,5);;3*1H/q;+3;;;/p-3. The Morgan fingerprint density at radius 3 is 1.67 bits per heavy atom. The smallest absolute Gasteiger partial charge is 0.481 e. The monoisotopic (exact) mass is 206 g/mol. The summed E-state index contributed by atoms with van der Waals surface area (Å²) in [7, 11) is 14.8. The van der Waals surface area contributed by atoms with Crippen molar-refractivity contribution in [2.45, 2.75) is 13.3 Å². The number of carbonyl (C=O) groups is 1. The van der Waals surface area contributed by atoms with E-state index in [1.54, 1.807) is 6.92 Å². The highest BCUT2D eigenvalue weighted by Crippen LogP contribution is 1.97. The molecule has 0 saturated heterocycles. The molecule has 2 nitrogen and oxygen atoms in total. The van der Waals surface area contributed by atoms with Crippen LogP contribution < -0.4 is 0 Å². The van der Waals surface area contributed by atoms with Crippen LogP contribution in [0.4, 0.5) is 0 Å². The van der Waals surface area contributed by atoms with Crippen LogP contribution >= 0.6 is 30.1 Å². The molecule has 1 N–H and O–H groups in total. The summed E-state index contributed by atoms with van der Waals surface area (Å²) in [6.07, 6.45) is 0.222. The van der Waals surface area contributed by atoms with Crippen LogP contribution in [0.2, 0.25) is 0 Å². The maximum absolute atomic E-state index is 9.37. The molecule has 0 spiro atoms. The van der Waals surface area contributed by atoms with Crippen molar-refractivity contribution >= 4 is 47.5 Å². The molecular weight excluding hydrogens is 201 g/mol. The largest absolute Gasteiger partial charge is 0.643 e. The molecule has 0 aliphatic heterocycles. The van der Waals surface area contributed by atoms with Crippen LogP contribution in [0.15, 0.2) is 0 Å². The zero-order valence-corrected chi connectivity index (χ0v) is 8.20. The van der Waals surface area contributed by atoms with Crippen molar-refractivity contribution in [1.29, 1.82) is 0 Å². The van der Waals surface area contributed by atoms with Crippen LogP contribution in [0.1, 0.15) is 13.3 Å². The minimum Gasteiger partial charge on any atom is -0.481 e. The van der Waals surface area contributed by atoms with E-state index in [1.807, 2.05) is 0 Å². The summed E-state index contributed by atoms with van der Waals surface area (Å²) in [5.41, 5.74) is 0. The zero-order valence-electron chi connectivity index (χ0n) is 4.77. The minimum absolute atomic E-state index is 0.222. The first kappa shape index (κ1) is 12.5. The molecule has 0 rings (SSSR count). The number of halogens is 3. The Labute approximate surface area is 70.7 Å². The molecule has 0 aromatic rings. The number of carboxylic acid groups (broad SMARTS) is 1. The van der Waals surface area contributed by atoms with Gasteiger partial charge in [-0.15, -0.1) is 0 Å². The van der Waals surface area contributed by atoms with E-state index in [0.29, 0.717) is 0 Å². The second kappa shape index (κ2) is 8.87. The number of hydrogen-bond acceptors (Lipinski definition) is 1. The summed E-state index contributed by atoms with van der Waals surface area (Å²) < 4.78 is 0. The average molecular weight is 207 g/mol. The van der Waals surface area contributed by atoms with Crippen LogP contribution in [0, 0.1) is 0 Å². The molecule has 0 saturated carbocycles. The number of carboxylic acids is 1. The van der Waals surface area contributed by atoms with Gasteiger partial charge in [0.05, 0.1) is 0 Å². The van der Waals surface area contributed by atoms with Gasteiger partial charge in [0.2, 0.25) is 0 Å². The van der Waals surface area contributed by atoms with Crippen LogP contribution in [0.3, 0.4) is 0 Å². The summed E-state index contributed by atoms with van der Waals surface area (Å²) >= 11 is -1.72. The molecule has 54 valence electrons. The molecular formula is C3H6AlCl3O2. The van der Waals surface area contributed by atoms with Gasteiger partial charge in [-0.3, -0.25) is 4.79 Å². The average Bonchev–Trinajstić information content (AvgIpc) is 1.65. The lowest BCUT2D eigenvalue weighted by Gasteiger charge is -1.71. The highest BCUT2D eigenvalue weighted by atomic mass is 35.8. The quantitative estimate of drug-likeness (QED) is 0.669. The molecule has 0 aromatic heterocycles. The van der Waals surface area contributed by atoms with Crippen molar-refractivity contribution in [3.8, 4) is 0 Å². The van der Waals surface area contributed by atoms with Crippen molar-refractivity contribution in [3.63, 3.8) is 0 Å². The van der Waals surface area contributed by atoms with Gasteiger partial charge in [0.1, 0.15) is 0 Å². The summed E-state index contributed by atoms with van der Waals surface area (Å²) in [6, 6.07) is 0. The Kier molecular flexibility index (Phi) is 12.4. The molecule has 6 heteroatoms. The SMILES string of the molecule is CCC(=O)O.[Cl][Al]([Cl])[Cl]. The van der Waals surface area contributed by atoms with Gasteiger partial charge in [-0.25, -0.2) is 30.1 Å². The van der Waals surface area contributed by atoms with Crippen molar-refractivity contribution in [3.05, 3.63) is 0 Å². The molecule has 0 aromatic carbocycles. The van der Waals surface area contributed by atoms with Crippen molar-refractivity contribution in [1.82, 2.24) is 0 Å². The first-order chi connectivity index (χ1) is 4.00. The van der Waals surface area contributed by atoms with Gasteiger partial charge in [0.15, 0.2) is 0 Å². The van der Waals surface area contributed by atoms with Gasteiger partial charge in [-0.2, -0.15) is 0 Å². The molecule has 0 bridgehead atoms. The summed E-state index contributed by atoms with van der Waals surface area (Å²) in [6.45, 7) is 1.60. The van der Waals surface area contributed by atoms with E-state index in [0.717, 1.165) is 0 Å². The Hall–Kier alpha value is 0.872. The zero-order chi connectivity index (χ0) is 7.86. The maximum Gasteiger partial charge on any atom is 0.643 e. The Morgan fingerprint density at radius 2 is 1.67 bits per heavy atom. The highest BCUT2D eigenvalue weighted by molar-refractivity contribution is 7.54. The van der Waals surface area contributed by atoms with Crippen LogP contribution in [0.5, 0.6) is 0 Å². The lowest BCUT2D eigenvalue weighted by Crippen LogP contribution is -1.86. The molecule has 0 atom stereocenters. The number of hydrogen-bond donors (Lipinski definition) is 1. The van der Waals surface area contributed by atoms with Gasteiger partial charge in [0, 0.05) is 6.42 Å². The molecule has 0 fully saturated rings. The summed E-state index contributed by atoms with van der Waals surface area (Å²) in [5.74, 6) is -0.745. The normalized spacial score (nSPS) is 7.11. The fourth-order valence-corrected chi connectivity index (χ4v) is 0. The summed E-state index contributed by atoms with van der Waals surface area (Å²) in [5, 5.41) is 7.72. The molecule has 0 aliphatic rings. The van der Waals surface area contributed by atoms with Crippen LogP contribution in [-0.4, -0.2) is 22.5 Å². The van der Waals surface area contributed by atoms with E-state index in [1.165, 1.54) is 0 Å². The molecule has 0 radical (unpaired) electrons. The van der Waals surface area contributed by atoms with Gasteiger partial charge in [-0.1, -0.05) is 6.92 Å². The molecule has 9 heavy (non-hydrogen) atoms. The predicted octanol–water partition coefficient (Wildman–Crippen LogP) is 2.17. The Bertz CT molecular complexity index is 74.7. The fourth-order valence-electron chi connectivity index (χ4n) is 0. The van der Waals surface area contributed by atoms with Gasteiger partial charge < -0.3 is 5.11 Å². The van der Waals surface area contributed by atoms with E-state index >= 15 is 0 Å². The first-order valence-electron chi connectivity index (χ1n) is 2.14. The van der Waals surface area contributed by atoms with Gasteiger partial charge in [-0.05, 0) is 0 Å². The lowest BCUT2D eigenvalue weighted by molar-refractivity contribution is -0.136. The highest BCUT2D eigenvalue weighted by Gasteiger charge is 2.00. The van der Waals surface area contributed by atoms with E-state index in [2.05, 4.69) is 0 Å². The van der Waals surface area contributed by atoms with Crippen molar-refractivity contribution in [2.75, 3.05) is 0 Å². The van der Waals surface area contributed by atoms with Crippen molar-refractivity contribution < 1.29 is 9.90 Å². The van der Waals surface area contributed by atoms with Crippen molar-refractivity contribution in [2.24, 2.45) is 0 Å². The third kappa shape index (κ3) is 50.8. The summed E-state index contributed by atoms with van der Waals surface area (Å²) in [4.78, 5) is 9.37. The third-order valence-electron chi connectivity index (χ3n) is 0.302. The topological polar surface area (TPSA) is 37.3 Å². The molecule has 0 heterocycles. The molecule has 0 amide bonds. The van der Waals surface area contributed by atoms with Crippen LogP contribution in [-0.2, 0) is 4.79 Å². The Morgan fingerprint density at radius 1 is 1.56 bits per heavy atom. The van der Waals surface area contributed by atoms with E-state index in [-0.39, 0.29) is 6.42 Å². The lowest BCUT2D eigenvalue weighted by atomic mass is 10.5. The minimum atomic E-state index is -1.72. The first-order valence-corrected chi connectivity index (χ1v) is 7.38. The molecule has 0 aliphatic carbocycles. The van der Waals surface area contributed by atoms with E-state index < -0.39 is 17.4 Å². The van der Waals surface area contributed by atoms with Crippen LogP contribution in [0.25, 0.3) is 0 Å². The van der Waals surface area contributed by atoms with Gasteiger partial charge in [0.25, 0.3) is 0 Å². The maximum atomic E-state index is 9.37. The fraction of sp³-hybridized carbons (Fsp3) is 0.667. The second-order valence-corrected chi connectivity index (χ2v) is 7.43. The van der Waals surface area contributed by atoms with Gasteiger partial charge >= 0.3 is 17.4 Å². The van der Waals surface area contributed by atoms with E-state index in [4.69, 9.17) is 35.3 Å². The number of aliphatic carboxylic acids is 1. The van der Waals surface area contributed by atoms with E-state index in [9.17, 15) is 4.79 Å². The number of rotatable bonds is 1. The Balaban J connectivity index is 0.